The molecule has 0 radical (unpaired) electrons. The Hall–Kier alpha value is -2.42. The van der Waals surface area contributed by atoms with Crippen LogP contribution in [0, 0.1) is 0 Å². The van der Waals surface area contributed by atoms with Gasteiger partial charge in [-0.2, -0.15) is 0 Å². The average molecular weight is 336 g/mol. The molecule has 0 fully saturated rings. The highest BCUT2D eigenvalue weighted by molar-refractivity contribution is 6.28. The number of hydrogen-bond donors (Lipinski definition) is 1. The highest BCUT2D eigenvalue weighted by Crippen LogP contribution is 2.42. The molecule has 0 heterocycles. The van der Waals surface area contributed by atoms with Crippen molar-refractivity contribution in [2.75, 3.05) is 6.54 Å². The molecule has 0 aliphatic heterocycles. The van der Waals surface area contributed by atoms with Crippen LogP contribution in [0.25, 0.3) is 0 Å². The normalized spacial score (nSPS) is 11.2. The van der Waals surface area contributed by atoms with Crippen LogP contribution in [0.4, 0.5) is 0 Å². The molecule has 3 aromatic rings. The number of halogens is 1. The molecule has 3 rings (SSSR count). The Morgan fingerprint density at radius 3 is 1.58 bits per heavy atom. The van der Waals surface area contributed by atoms with E-state index in [1.165, 1.54) is 0 Å². The molecule has 0 aliphatic rings. The van der Waals surface area contributed by atoms with Gasteiger partial charge in [0.15, 0.2) is 5.78 Å². The second-order valence-electron chi connectivity index (χ2n) is 5.60. The molecule has 0 unspecified atom stereocenters. The molecule has 0 spiro atoms. The van der Waals surface area contributed by atoms with Crippen LogP contribution < -0.4 is 5.73 Å². The van der Waals surface area contributed by atoms with E-state index in [2.05, 4.69) is 0 Å². The van der Waals surface area contributed by atoms with Crippen molar-refractivity contribution in [3.63, 3.8) is 0 Å². The minimum Gasteiger partial charge on any atom is -0.324 e. The lowest BCUT2D eigenvalue weighted by atomic mass is 9.84. The van der Waals surface area contributed by atoms with Gasteiger partial charge in [-0.3, -0.25) is 4.79 Å². The molecule has 0 amide bonds. The summed E-state index contributed by atoms with van der Waals surface area (Å²) in [5.41, 5.74) is 8.91. The van der Waals surface area contributed by atoms with E-state index in [1.807, 2.05) is 72.8 Å². The predicted octanol–water partition coefficient (Wildman–Crippen LogP) is 4.36. The van der Waals surface area contributed by atoms with Crippen LogP contribution in [0.3, 0.4) is 0 Å². The number of Topliss-reactive ketones (excluding diaryl/α,β-unsaturated/α-hetero) is 1. The number of hydrogen-bond acceptors (Lipinski definition) is 2. The summed E-state index contributed by atoms with van der Waals surface area (Å²) >= 11 is 7.17. The fourth-order valence-electron chi connectivity index (χ4n) is 2.84. The number of nitrogens with two attached hydrogens (primary N) is 1. The van der Waals surface area contributed by atoms with Crippen molar-refractivity contribution in [3.8, 4) is 0 Å². The minimum atomic E-state index is -0.813. The zero-order valence-electron chi connectivity index (χ0n) is 13.2. The summed E-state index contributed by atoms with van der Waals surface area (Å²) in [6.45, 7) is 0.00271. The maximum Gasteiger partial charge on any atom is 0.176 e. The van der Waals surface area contributed by atoms with E-state index in [0.29, 0.717) is 5.56 Å². The summed E-state index contributed by atoms with van der Waals surface area (Å²) in [6.07, 6.45) is 0. The van der Waals surface area contributed by atoms with Gasteiger partial charge in [-0.1, -0.05) is 84.9 Å². The molecule has 0 bridgehead atoms. The summed E-state index contributed by atoms with van der Waals surface area (Å²) in [4.78, 5) is 10.9. The largest absolute Gasteiger partial charge is 0.324 e. The first-order chi connectivity index (χ1) is 11.7. The highest BCUT2D eigenvalue weighted by Gasteiger charge is 2.33. The first-order valence-electron chi connectivity index (χ1n) is 7.80. The van der Waals surface area contributed by atoms with Crippen LogP contribution in [-0.4, -0.2) is 12.3 Å². The summed E-state index contributed by atoms with van der Waals surface area (Å²) < 4.78 is 0. The van der Waals surface area contributed by atoms with E-state index in [9.17, 15) is 4.79 Å². The van der Waals surface area contributed by atoms with Crippen molar-refractivity contribution in [3.05, 3.63) is 107 Å². The first kappa shape index (κ1) is 16.4. The third-order valence-corrected chi connectivity index (χ3v) is 4.79. The number of ketones is 1. The Kier molecular flexibility index (Phi) is 4.79. The minimum absolute atomic E-state index is 0.00271. The monoisotopic (exact) mass is 335 g/mol. The molecular weight excluding hydrogens is 318 g/mol. The zero-order chi connectivity index (χ0) is 17.0. The summed E-state index contributed by atoms with van der Waals surface area (Å²) in [5.74, 6) is -0.0823. The van der Waals surface area contributed by atoms with E-state index < -0.39 is 4.87 Å². The number of carbonyl (C=O) groups is 1. The molecule has 24 heavy (non-hydrogen) atoms. The van der Waals surface area contributed by atoms with Crippen molar-refractivity contribution in [2.45, 2.75) is 4.87 Å². The molecule has 120 valence electrons. The van der Waals surface area contributed by atoms with Crippen LogP contribution in [-0.2, 0) is 4.87 Å². The van der Waals surface area contributed by atoms with Crippen molar-refractivity contribution >= 4 is 17.4 Å². The van der Waals surface area contributed by atoms with Gasteiger partial charge in [0.1, 0.15) is 4.87 Å². The van der Waals surface area contributed by atoms with Gasteiger partial charge in [-0.15, -0.1) is 11.6 Å². The molecular formula is C21H18ClNO. The van der Waals surface area contributed by atoms with Crippen molar-refractivity contribution < 1.29 is 4.79 Å². The summed E-state index contributed by atoms with van der Waals surface area (Å²) in [7, 11) is 0. The smallest absolute Gasteiger partial charge is 0.176 e. The van der Waals surface area contributed by atoms with Gasteiger partial charge in [0.25, 0.3) is 0 Å². The molecule has 3 aromatic carbocycles. The van der Waals surface area contributed by atoms with Crippen LogP contribution in [0.15, 0.2) is 84.9 Å². The molecule has 0 saturated heterocycles. The molecule has 0 aromatic heterocycles. The number of carbonyl (C=O) groups excluding carboxylic acids is 1. The van der Waals surface area contributed by atoms with Crippen LogP contribution >= 0.6 is 11.6 Å². The molecule has 0 saturated carbocycles. The Labute approximate surface area is 146 Å². The number of benzene rings is 3. The SMILES string of the molecule is NCC(=O)c1ccc(C(Cl)(c2ccccc2)c2ccccc2)cc1. The highest BCUT2D eigenvalue weighted by atomic mass is 35.5. The Balaban J connectivity index is 2.14. The van der Waals surface area contributed by atoms with Gasteiger partial charge in [-0.05, 0) is 16.7 Å². The maximum absolute atomic E-state index is 11.8. The second kappa shape index (κ2) is 7.00. The maximum atomic E-state index is 11.8. The van der Waals surface area contributed by atoms with Gasteiger partial charge in [0.05, 0.1) is 6.54 Å². The Morgan fingerprint density at radius 2 is 1.17 bits per heavy atom. The standard InChI is InChI=1S/C21H18ClNO/c22-21(17-7-3-1-4-8-17,18-9-5-2-6-10-18)19-13-11-16(12-14-19)20(24)15-23/h1-14H,15,23H2. The van der Waals surface area contributed by atoms with Crippen LogP contribution in [0.5, 0.6) is 0 Å². The Morgan fingerprint density at radius 1 is 0.750 bits per heavy atom. The summed E-state index contributed by atoms with van der Waals surface area (Å²) in [6, 6.07) is 27.2. The lowest BCUT2D eigenvalue weighted by molar-refractivity contribution is 0.100. The predicted molar refractivity (Wildman–Crippen MR) is 98.4 cm³/mol. The van der Waals surface area contributed by atoms with E-state index in [1.54, 1.807) is 12.1 Å². The average Bonchev–Trinajstić information content (AvgIpc) is 2.68. The van der Waals surface area contributed by atoms with Crippen LogP contribution in [0.1, 0.15) is 27.0 Å². The Bertz CT molecular complexity index is 774. The fraction of sp³-hybridized carbons (Fsp3) is 0.0952. The van der Waals surface area contributed by atoms with E-state index in [0.717, 1.165) is 16.7 Å². The number of rotatable bonds is 5. The third-order valence-electron chi connectivity index (χ3n) is 4.13. The van der Waals surface area contributed by atoms with Crippen molar-refractivity contribution in [2.24, 2.45) is 5.73 Å². The summed E-state index contributed by atoms with van der Waals surface area (Å²) in [5, 5.41) is 0. The van der Waals surface area contributed by atoms with E-state index in [-0.39, 0.29) is 12.3 Å². The lowest BCUT2D eigenvalue weighted by Crippen LogP contribution is -2.22. The van der Waals surface area contributed by atoms with Crippen LogP contribution in [0.2, 0.25) is 0 Å². The molecule has 0 atom stereocenters. The fourth-order valence-corrected chi connectivity index (χ4v) is 3.22. The van der Waals surface area contributed by atoms with E-state index in [4.69, 9.17) is 17.3 Å². The van der Waals surface area contributed by atoms with Gasteiger partial charge in [0.2, 0.25) is 0 Å². The second-order valence-corrected chi connectivity index (χ2v) is 6.16. The third kappa shape index (κ3) is 2.99. The van der Waals surface area contributed by atoms with E-state index >= 15 is 0 Å². The molecule has 2 nitrogen and oxygen atoms in total. The van der Waals surface area contributed by atoms with Crippen molar-refractivity contribution in [1.29, 1.82) is 0 Å². The zero-order valence-corrected chi connectivity index (χ0v) is 13.9. The van der Waals surface area contributed by atoms with Gasteiger partial charge >= 0.3 is 0 Å². The topological polar surface area (TPSA) is 43.1 Å². The lowest BCUT2D eigenvalue weighted by Gasteiger charge is -2.29. The van der Waals surface area contributed by atoms with Crippen molar-refractivity contribution in [1.82, 2.24) is 0 Å². The van der Waals surface area contributed by atoms with Gasteiger partial charge in [-0.25, -0.2) is 0 Å². The van der Waals surface area contributed by atoms with Gasteiger partial charge in [0, 0.05) is 5.56 Å². The molecule has 0 aliphatic carbocycles. The number of alkyl halides is 1. The molecule has 3 heteroatoms. The molecule has 2 N–H and O–H groups in total. The quantitative estimate of drug-likeness (QED) is 0.427. The van der Waals surface area contributed by atoms with Gasteiger partial charge < -0.3 is 5.73 Å². The first-order valence-corrected chi connectivity index (χ1v) is 8.18.